The third-order valence-corrected chi connectivity index (χ3v) is 4.64. The summed E-state index contributed by atoms with van der Waals surface area (Å²) in [6.45, 7) is 0.454. The molecule has 0 fully saturated rings. The molecule has 0 atom stereocenters. The topological polar surface area (TPSA) is 134 Å². The van der Waals surface area contributed by atoms with Gasteiger partial charge in [-0.3, -0.25) is 9.89 Å². The molecule has 2 heterocycles. The van der Waals surface area contributed by atoms with Crippen LogP contribution in [0.25, 0.3) is 22.2 Å². The zero-order chi connectivity index (χ0) is 20.2. The highest BCUT2D eigenvalue weighted by atomic mass is 16.5. The Bertz CT molecular complexity index is 1200. The number of nitrogens with two attached hydrogens (primary N) is 1. The van der Waals surface area contributed by atoms with Crippen LogP contribution in [0.4, 0.5) is 5.82 Å². The molecule has 8 nitrogen and oxygen atoms in total. The summed E-state index contributed by atoms with van der Waals surface area (Å²) in [6.07, 6.45) is 1.21. The lowest BCUT2D eigenvalue weighted by Crippen LogP contribution is -2.24. The number of amides is 1. The van der Waals surface area contributed by atoms with Crippen LogP contribution in [0.3, 0.4) is 0 Å². The third-order valence-electron chi connectivity index (χ3n) is 4.64. The minimum absolute atomic E-state index is 0.184. The second-order valence-electron chi connectivity index (χ2n) is 6.54. The minimum atomic E-state index is -0.184. The Morgan fingerprint density at radius 2 is 2.07 bits per heavy atom. The molecule has 0 spiro atoms. The molecular formula is C21H18N6O2. The summed E-state index contributed by atoms with van der Waals surface area (Å²) in [5.74, 6) is 0.649. The van der Waals surface area contributed by atoms with Gasteiger partial charge in [0.2, 0.25) is 0 Å². The molecule has 0 saturated carbocycles. The highest BCUT2D eigenvalue weighted by Gasteiger charge is 2.14. The van der Waals surface area contributed by atoms with Crippen LogP contribution in [0.2, 0.25) is 0 Å². The van der Waals surface area contributed by atoms with Gasteiger partial charge in [0.25, 0.3) is 5.91 Å². The van der Waals surface area contributed by atoms with E-state index in [0.29, 0.717) is 47.5 Å². The number of nitrogen functional groups attached to an aromatic ring is 1. The molecule has 0 saturated heterocycles. The number of benzene rings is 2. The van der Waals surface area contributed by atoms with Crippen molar-refractivity contribution in [2.75, 3.05) is 12.3 Å². The number of hydrogen-bond donors (Lipinski definition) is 3. The number of aromatic nitrogens is 3. The molecule has 0 aliphatic carbocycles. The molecule has 29 heavy (non-hydrogen) atoms. The van der Waals surface area contributed by atoms with Crippen LogP contribution in [-0.2, 0) is 6.42 Å². The first-order valence-electron chi connectivity index (χ1n) is 9.13. The number of carbonyl (C=O) groups is 1. The van der Waals surface area contributed by atoms with Crippen molar-refractivity contribution in [1.82, 2.24) is 20.7 Å². The molecular weight excluding hydrogens is 368 g/mol. The lowest BCUT2D eigenvalue weighted by atomic mass is 10.1. The van der Waals surface area contributed by atoms with Crippen LogP contribution >= 0.6 is 0 Å². The molecule has 8 heteroatoms. The van der Waals surface area contributed by atoms with Gasteiger partial charge in [-0.15, -0.1) is 0 Å². The molecule has 0 aliphatic rings. The Labute approximate surface area is 166 Å². The average Bonchev–Trinajstić information content (AvgIpc) is 3.34. The van der Waals surface area contributed by atoms with Gasteiger partial charge in [-0.2, -0.15) is 10.4 Å². The number of nitriles is 1. The smallest absolute Gasteiger partial charge is 0.251 e. The van der Waals surface area contributed by atoms with E-state index in [1.54, 1.807) is 18.2 Å². The van der Waals surface area contributed by atoms with E-state index in [-0.39, 0.29) is 11.7 Å². The predicted molar refractivity (Wildman–Crippen MR) is 108 cm³/mol. The van der Waals surface area contributed by atoms with Crippen molar-refractivity contribution < 1.29 is 9.32 Å². The van der Waals surface area contributed by atoms with Crippen molar-refractivity contribution >= 4 is 22.6 Å². The molecule has 2 aromatic heterocycles. The standard InChI is InChI=1S/C21H18N6O2/c22-12-16-17(25-26-20(16)23)7-4-10-24-21(28)14-8-9-18-15(11-14)19(29-27-18)13-5-2-1-3-6-13/h1-3,5-6,8-9,11H,4,7,10H2,(H,24,28)(H3,23,25,26). The molecule has 0 radical (unpaired) electrons. The summed E-state index contributed by atoms with van der Waals surface area (Å²) in [7, 11) is 0. The van der Waals surface area contributed by atoms with Gasteiger partial charge >= 0.3 is 0 Å². The van der Waals surface area contributed by atoms with Crippen molar-refractivity contribution in [3.8, 4) is 17.4 Å². The van der Waals surface area contributed by atoms with Gasteiger partial charge in [0.1, 0.15) is 17.1 Å². The fourth-order valence-electron chi connectivity index (χ4n) is 3.15. The summed E-state index contributed by atoms with van der Waals surface area (Å²) in [5.41, 5.74) is 8.79. The maximum atomic E-state index is 12.5. The van der Waals surface area contributed by atoms with Crippen molar-refractivity contribution in [3.63, 3.8) is 0 Å². The molecule has 0 bridgehead atoms. The lowest BCUT2D eigenvalue weighted by molar-refractivity contribution is 0.0953. The second kappa shape index (κ2) is 7.86. The average molecular weight is 386 g/mol. The normalized spacial score (nSPS) is 10.7. The second-order valence-corrected chi connectivity index (χ2v) is 6.54. The monoisotopic (exact) mass is 386 g/mol. The number of nitrogens with one attached hydrogen (secondary N) is 2. The Morgan fingerprint density at radius 3 is 2.86 bits per heavy atom. The quantitative estimate of drug-likeness (QED) is 0.436. The number of fused-ring (bicyclic) bond motifs is 1. The van der Waals surface area contributed by atoms with Crippen molar-refractivity contribution in [1.29, 1.82) is 5.26 Å². The number of aromatic amines is 1. The highest BCUT2D eigenvalue weighted by molar-refractivity contribution is 6.00. The first kappa shape index (κ1) is 18.3. The van der Waals surface area contributed by atoms with E-state index in [1.807, 2.05) is 36.4 Å². The zero-order valence-corrected chi connectivity index (χ0v) is 15.5. The van der Waals surface area contributed by atoms with Crippen LogP contribution in [0.5, 0.6) is 0 Å². The summed E-state index contributed by atoms with van der Waals surface area (Å²) < 4.78 is 5.48. The maximum Gasteiger partial charge on any atom is 0.251 e. The Morgan fingerprint density at radius 1 is 1.24 bits per heavy atom. The fraction of sp³-hybridized carbons (Fsp3) is 0.143. The SMILES string of the molecule is N#Cc1c(N)n[nH]c1CCCNC(=O)c1ccc2noc(-c3ccccc3)c2c1. The van der Waals surface area contributed by atoms with Crippen LogP contribution in [0.1, 0.15) is 28.0 Å². The fourth-order valence-corrected chi connectivity index (χ4v) is 3.15. The number of hydrogen-bond acceptors (Lipinski definition) is 6. The third kappa shape index (κ3) is 3.66. The number of H-pyrrole nitrogens is 1. The number of aryl methyl sites for hydroxylation is 1. The van der Waals surface area contributed by atoms with E-state index >= 15 is 0 Å². The number of rotatable bonds is 6. The Kier molecular flexibility index (Phi) is 4.95. The van der Waals surface area contributed by atoms with Crippen LogP contribution in [-0.4, -0.2) is 27.8 Å². The number of carbonyl (C=O) groups excluding carboxylic acids is 1. The number of anilines is 1. The minimum Gasteiger partial charge on any atom is -0.381 e. The van der Waals surface area contributed by atoms with Crippen molar-refractivity contribution in [3.05, 3.63) is 65.4 Å². The molecule has 0 aliphatic heterocycles. The predicted octanol–water partition coefficient (Wildman–Crippen LogP) is 3.03. The number of nitrogens with zero attached hydrogens (tertiary/aromatic N) is 3. The van der Waals surface area contributed by atoms with Gasteiger partial charge in [-0.1, -0.05) is 35.5 Å². The largest absolute Gasteiger partial charge is 0.381 e. The van der Waals surface area contributed by atoms with Crippen molar-refractivity contribution in [2.45, 2.75) is 12.8 Å². The Balaban J connectivity index is 1.43. The van der Waals surface area contributed by atoms with Gasteiger partial charge in [0, 0.05) is 17.7 Å². The van der Waals surface area contributed by atoms with Crippen LogP contribution in [0.15, 0.2) is 53.1 Å². The molecule has 4 rings (SSSR count). The molecule has 1 amide bonds. The summed E-state index contributed by atoms with van der Waals surface area (Å²) in [4.78, 5) is 12.5. The molecule has 4 N–H and O–H groups in total. The van der Waals surface area contributed by atoms with E-state index in [1.165, 1.54) is 0 Å². The summed E-state index contributed by atoms with van der Waals surface area (Å²) in [5, 5.41) is 23.4. The molecule has 144 valence electrons. The van der Waals surface area contributed by atoms with Gasteiger partial charge in [-0.25, -0.2) is 0 Å². The maximum absolute atomic E-state index is 12.5. The van der Waals surface area contributed by atoms with Gasteiger partial charge < -0.3 is 15.6 Å². The van der Waals surface area contributed by atoms with E-state index in [4.69, 9.17) is 15.5 Å². The van der Waals surface area contributed by atoms with Crippen LogP contribution in [0, 0.1) is 11.3 Å². The zero-order valence-electron chi connectivity index (χ0n) is 15.5. The summed E-state index contributed by atoms with van der Waals surface area (Å²) in [6, 6.07) is 16.9. The van der Waals surface area contributed by atoms with E-state index < -0.39 is 0 Å². The van der Waals surface area contributed by atoms with E-state index in [9.17, 15) is 4.79 Å². The first-order chi connectivity index (χ1) is 14.2. The van der Waals surface area contributed by atoms with Crippen LogP contribution < -0.4 is 11.1 Å². The van der Waals surface area contributed by atoms with Gasteiger partial charge in [0.05, 0.1) is 11.1 Å². The Hall–Kier alpha value is -4.12. The van der Waals surface area contributed by atoms with Gasteiger partial charge in [-0.05, 0) is 31.0 Å². The van der Waals surface area contributed by atoms with Crippen molar-refractivity contribution in [2.24, 2.45) is 0 Å². The lowest BCUT2D eigenvalue weighted by Gasteiger charge is -2.05. The van der Waals surface area contributed by atoms with E-state index in [0.717, 1.165) is 10.9 Å². The van der Waals surface area contributed by atoms with E-state index in [2.05, 4.69) is 20.7 Å². The first-order valence-corrected chi connectivity index (χ1v) is 9.13. The molecule has 0 unspecified atom stereocenters. The molecule has 2 aromatic carbocycles. The molecule has 4 aromatic rings. The highest BCUT2D eigenvalue weighted by Crippen LogP contribution is 2.29. The summed E-state index contributed by atoms with van der Waals surface area (Å²) >= 11 is 0. The van der Waals surface area contributed by atoms with Gasteiger partial charge in [0.15, 0.2) is 11.6 Å².